The molecule has 0 unspecified atom stereocenters. The van der Waals surface area contributed by atoms with Gasteiger partial charge in [-0.25, -0.2) is 9.78 Å². The molecule has 0 spiro atoms. The summed E-state index contributed by atoms with van der Waals surface area (Å²) in [7, 11) is 0. The van der Waals surface area contributed by atoms with Crippen LogP contribution in [0.5, 0.6) is 0 Å². The number of nitrogens with two attached hydrogens (primary N) is 1. The van der Waals surface area contributed by atoms with Crippen molar-refractivity contribution in [3.8, 4) is 0 Å². The third kappa shape index (κ3) is 4.24. The molecular weight excluding hydrogens is 394 g/mol. The Balaban J connectivity index is 1.81. The number of thiophene rings is 1. The summed E-state index contributed by atoms with van der Waals surface area (Å²) in [4.78, 5) is 27.7. The van der Waals surface area contributed by atoms with Crippen LogP contribution in [-0.4, -0.2) is 74.1 Å². The summed E-state index contributed by atoms with van der Waals surface area (Å²) in [6, 6.07) is 0. The van der Waals surface area contributed by atoms with Crippen molar-refractivity contribution >= 4 is 45.0 Å². The van der Waals surface area contributed by atoms with E-state index in [9.17, 15) is 4.79 Å². The molecule has 0 radical (unpaired) electrons. The van der Waals surface area contributed by atoms with Gasteiger partial charge in [-0.05, 0) is 20.8 Å². The van der Waals surface area contributed by atoms with E-state index in [4.69, 9.17) is 29.9 Å². The number of nitrogen functional groups attached to an aromatic ring is 1. The second-order valence-electron chi connectivity index (χ2n) is 8.07. The van der Waals surface area contributed by atoms with Gasteiger partial charge in [-0.15, -0.1) is 11.3 Å². The van der Waals surface area contributed by atoms with Crippen molar-refractivity contribution in [1.82, 2.24) is 9.97 Å². The summed E-state index contributed by atoms with van der Waals surface area (Å²) in [6.07, 6.45) is 0. The summed E-state index contributed by atoms with van der Waals surface area (Å²) in [5, 5.41) is 0.717. The minimum Gasteiger partial charge on any atom is -0.456 e. The number of nitrogens with zero attached hydrogens (tertiary/aromatic N) is 4. The molecule has 2 aromatic heterocycles. The molecule has 10 heteroatoms. The van der Waals surface area contributed by atoms with E-state index in [0.717, 1.165) is 24.3 Å². The Hall–Kier alpha value is -2.17. The van der Waals surface area contributed by atoms with Gasteiger partial charge in [-0.3, -0.25) is 0 Å². The Morgan fingerprint density at radius 3 is 2.21 bits per heavy atom. The highest BCUT2D eigenvalue weighted by Crippen LogP contribution is 2.40. The van der Waals surface area contributed by atoms with E-state index in [1.54, 1.807) is 0 Å². The molecule has 158 valence electrons. The fourth-order valence-electron chi connectivity index (χ4n) is 3.38. The van der Waals surface area contributed by atoms with Crippen LogP contribution in [0.4, 0.5) is 17.5 Å². The normalized spacial score (nSPS) is 18.3. The Morgan fingerprint density at radius 1 is 1.03 bits per heavy atom. The summed E-state index contributed by atoms with van der Waals surface area (Å²) in [5.41, 5.74) is 6.22. The minimum absolute atomic E-state index is 0.373. The average Bonchev–Trinajstić information content (AvgIpc) is 3.04. The molecule has 2 saturated heterocycles. The third-order valence-corrected chi connectivity index (χ3v) is 5.83. The first kappa shape index (κ1) is 20.1. The van der Waals surface area contributed by atoms with Crippen LogP contribution in [0, 0.1) is 0 Å². The monoisotopic (exact) mass is 421 g/mol. The van der Waals surface area contributed by atoms with Gasteiger partial charge in [0.1, 0.15) is 21.1 Å². The molecule has 4 rings (SSSR count). The van der Waals surface area contributed by atoms with Gasteiger partial charge in [-0.2, -0.15) is 4.98 Å². The summed E-state index contributed by atoms with van der Waals surface area (Å²) < 4.78 is 16.5. The standard InChI is InChI=1S/C19H27N5O4S/c1-19(2,3)28-17(25)14-13(20)12-15(23-4-8-26-9-5-23)21-18(22-16(12)29-14)24-6-10-27-11-7-24/h4-11,20H2,1-3H3. The number of morpholine rings is 2. The quantitative estimate of drug-likeness (QED) is 0.744. The molecule has 2 fully saturated rings. The summed E-state index contributed by atoms with van der Waals surface area (Å²) in [5.74, 6) is 0.960. The molecule has 2 aliphatic heterocycles. The topological polar surface area (TPSA) is 103 Å². The lowest BCUT2D eigenvalue weighted by Gasteiger charge is -2.31. The second-order valence-corrected chi connectivity index (χ2v) is 9.07. The number of ether oxygens (including phenoxy) is 3. The highest BCUT2D eigenvalue weighted by molar-refractivity contribution is 7.21. The predicted octanol–water partition coefficient (Wildman–Crippen LogP) is 1.90. The summed E-state index contributed by atoms with van der Waals surface area (Å²) >= 11 is 1.26. The zero-order chi connectivity index (χ0) is 20.6. The van der Waals surface area contributed by atoms with Gasteiger partial charge >= 0.3 is 5.97 Å². The van der Waals surface area contributed by atoms with E-state index in [1.807, 2.05) is 20.8 Å². The van der Waals surface area contributed by atoms with Crippen LogP contribution in [0.2, 0.25) is 0 Å². The van der Waals surface area contributed by atoms with Crippen molar-refractivity contribution in [3.05, 3.63) is 4.88 Å². The van der Waals surface area contributed by atoms with Crippen molar-refractivity contribution in [3.63, 3.8) is 0 Å². The maximum absolute atomic E-state index is 12.7. The van der Waals surface area contributed by atoms with Gasteiger partial charge in [0.25, 0.3) is 0 Å². The van der Waals surface area contributed by atoms with Gasteiger partial charge in [0, 0.05) is 26.2 Å². The van der Waals surface area contributed by atoms with Crippen LogP contribution in [0.25, 0.3) is 10.2 Å². The molecule has 2 aromatic rings. The van der Waals surface area contributed by atoms with Gasteiger partial charge < -0.3 is 29.7 Å². The number of rotatable bonds is 3. The van der Waals surface area contributed by atoms with Gasteiger partial charge in [-0.1, -0.05) is 0 Å². The SMILES string of the molecule is CC(C)(C)OC(=O)c1sc2nc(N3CCOCC3)nc(N3CCOCC3)c2c1N. The van der Waals surface area contributed by atoms with Crippen molar-refractivity contribution in [2.75, 3.05) is 68.1 Å². The molecule has 2 N–H and O–H groups in total. The lowest BCUT2D eigenvalue weighted by atomic mass is 10.2. The lowest BCUT2D eigenvalue weighted by molar-refractivity contribution is 0.00764. The summed E-state index contributed by atoms with van der Waals surface area (Å²) in [6.45, 7) is 10.9. The molecule has 0 amide bonds. The van der Waals surface area contributed by atoms with Crippen molar-refractivity contribution < 1.29 is 19.0 Å². The number of carbonyl (C=O) groups excluding carboxylic acids is 1. The number of esters is 1. The number of carbonyl (C=O) groups is 1. The Bertz CT molecular complexity index is 898. The number of anilines is 3. The molecule has 9 nitrogen and oxygen atoms in total. The first-order chi connectivity index (χ1) is 13.8. The van der Waals surface area contributed by atoms with Crippen LogP contribution in [0.3, 0.4) is 0 Å². The molecule has 0 saturated carbocycles. The van der Waals surface area contributed by atoms with Gasteiger partial charge in [0.15, 0.2) is 0 Å². The van der Waals surface area contributed by atoms with Crippen LogP contribution < -0.4 is 15.5 Å². The Labute approximate surface area is 173 Å². The van der Waals surface area contributed by atoms with E-state index < -0.39 is 11.6 Å². The van der Waals surface area contributed by atoms with Crippen molar-refractivity contribution in [2.24, 2.45) is 0 Å². The van der Waals surface area contributed by atoms with Crippen molar-refractivity contribution in [2.45, 2.75) is 26.4 Å². The smallest absolute Gasteiger partial charge is 0.351 e. The van der Waals surface area contributed by atoms with Crippen LogP contribution >= 0.6 is 11.3 Å². The number of aromatic nitrogens is 2. The Morgan fingerprint density at radius 2 is 1.62 bits per heavy atom. The average molecular weight is 422 g/mol. The first-order valence-electron chi connectivity index (χ1n) is 9.82. The van der Waals surface area contributed by atoms with Crippen LogP contribution in [0.1, 0.15) is 30.4 Å². The van der Waals surface area contributed by atoms with Crippen molar-refractivity contribution in [1.29, 1.82) is 0 Å². The van der Waals surface area contributed by atoms with Gasteiger partial charge in [0.2, 0.25) is 5.95 Å². The van der Waals surface area contributed by atoms with Crippen LogP contribution in [-0.2, 0) is 14.2 Å². The largest absolute Gasteiger partial charge is 0.456 e. The highest BCUT2D eigenvalue weighted by Gasteiger charge is 2.29. The zero-order valence-corrected chi connectivity index (χ0v) is 17.9. The van der Waals surface area contributed by atoms with E-state index in [1.165, 1.54) is 11.3 Å². The molecule has 0 atom stereocenters. The molecule has 29 heavy (non-hydrogen) atoms. The molecule has 2 aliphatic rings. The minimum atomic E-state index is -0.600. The van der Waals surface area contributed by atoms with E-state index >= 15 is 0 Å². The fourth-order valence-corrected chi connectivity index (χ4v) is 4.34. The number of hydrogen-bond donors (Lipinski definition) is 1. The Kier molecular flexibility index (Phi) is 5.50. The lowest BCUT2D eigenvalue weighted by Crippen LogP contribution is -2.39. The predicted molar refractivity (Wildman–Crippen MR) is 113 cm³/mol. The molecule has 0 aromatic carbocycles. The molecule has 4 heterocycles. The van der Waals surface area contributed by atoms with E-state index in [-0.39, 0.29) is 0 Å². The first-order valence-corrected chi connectivity index (χ1v) is 10.6. The third-order valence-electron chi connectivity index (χ3n) is 4.75. The maximum atomic E-state index is 12.7. The maximum Gasteiger partial charge on any atom is 0.351 e. The molecule has 0 aliphatic carbocycles. The molecular formula is C19H27N5O4S. The van der Waals surface area contributed by atoms with E-state index in [0.29, 0.717) is 60.9 Å². The second kappa shape index (κ2) is 7.92. The molecule has 0 bridgehead atoms. The zero-order valence-electron chi connectivity index (χ0n) is 17.1. The van der Waals surface area contributed by atoms with Gasteiger partial charge in [0.05, 0.1) is 37.5 Å². The fraction of sp³-hybridized carbons (Fsp3) is 0.632. The van der Waals surface area contributed by atoms with E-state index in [2.05, 4.69) is 9.80 Å². The van der Waals surface area contributed by atoms with Crippen LogP contribution in [0.15, 0.2) is 0 Å². The number of fused-ring (bicyclic) bond motifs is 1. The highest BCUT2D eigenvalue weighted by atomic mass is 32.1. The number of hydrogen-bond acceptors (Lipinski definition) is 10.